The predicted molar refractivity (Wildman–Crippen MR) is 129 cm³/mol. The minimum absolute atomic E-state index is 0.0162. The highest BCUT2D eigenvalue weighted by atomic mass is 32.1. The van der Waals surface area contributed by atoms with E-state index in [1.54, 1.807) is 18.2 Å². The molecule has 0 spiro atoms. The van der Waals surface area contributed by atoms with Crippen molar-refractivity contribution in [3.05, 3.63) is 70.4 Å². The van der Waals surface area contributed by atoms with Crippen LogP contribution in [0, 0.1) is 0 Å². The van der Waals surface area contributed by atoms with Gasteiger partial charge in [0.2, 0.25) is 12.7 Å². The standard InChI is InChI=1S/C25H22N4O4S/c30-23(14-5-7-19-20(11-14)33-13-32-19)29-25-28-22-17(6-8-21(22)34-25)24(31)26-10-9-15-12-27-18-4-2-1-3-16(15)18/h1-5,7,11-12,17,27H,6,8-10,13H2,(H,26,31)(H,28,29,30)/t17-/m0/s1. The molecule has 6 rings (SSSR count). The van der Waals surface area contributed by atoms with Crippen LogP contribution in [0.15, 0.2) is 48.7 Å². The summed E-state index contributed by atoms with van der Waals surface area (Å²) in [6.45, 7) is 0.717. The van der Waals surface area contributed by atoms with Crippen LogP contribution in [0.25, 0.3) is 10.9 Å². The Kier molecular flexibility index (Phi) is 5.18. The summed E-state index contributed by atoms with van der Waals surface area (Å²) in [4.78, 5) is 34.5. The molecule has 8 nitrogen and oxygen atoms in total. The van der Waals surface area contributed by atoms with Crippen LogP contribution in [0.2, 0.25) is 0 Å². The fourth-order valence-corrected chi connectivity index (χ4v) is 5.56. The van der Waals surface area contributed by atoms with Gasteiger partial charge in [-0.1, -0.05) is 18.2 Å². The van der Waals surface area contributed by atoms with E-state index in [2.05, 4.69) is 26.7 Å². The average Bonchev–Trinajstić information content (AvgIpc) is 3.62. The molecule has 3 N–H and O–H groups in total. The minimum atomic E-state index is -0.287. The molecule has 4 aromatic rings. The molecule has 9 heteroatoms. The molecule has 0 bridgehead atoms. The van der Waals surface area contributed by atoms with E-state index in [1.165, 1.54) is 22.3 Å². The SMILES string of the molecule is O=C(Nc1nc2c(s1)CC[C@@H]2C(=O)NCCc1c[nH]c2ccccc12)c1ccc2c(c1)OCO2. The van der Waals surface area contributed by atoms with Crippen LogP contribution in [0.4, 0.5) is 5.13 Å². The molecule has 0 saturated carbocycles. The highest BCUT2D eigenvalue weighted by Gasteiger charge is 2.32. The first-order chi connectivity index (χ1) is 16.7. The monoisotopic (exact) mass is 474 g/mol. The molecule has 3 heterocycles. The average molecular weight is 475 g/mol. The number of aromatic nitrogens is 2. The van der Waals surface area contributed by atoms with Crippen LogP contribution in [0.3, 0.4) is 0 Å². The summed E-state index contributed by atoms with van der Waals surface area (Å²) in [5.74, 6) is 0.607. The molecule has 172 valence electrons. The Balaban J connectivity index is 1.08. The molecule has 1 aliphatic heterocycles. The van der Waals surface area contributed by atoms with E-state index in [-0.39, 0.29) is 24.5 Å². The Bertz CT molecular complexity index is 1410. The molecule has 0 saturated heterocycles. The summed E-state index contributed by atoms with van der Waals surface area (Å²) in [6.07, 6.45) is 4.28. The maximum Gasteiger partial charge on any atom is 0.257 e. The van der Waals surface area contributed by atoms with Gasteiger partial charge >= 0.3 is 0 Å². The number of H-pyrrole nitrogens is 1. The van der Waals surface area contributed by atoms with E-state index in [0.717, 1.165) is 35.4 Å². The topological polar surface area (TPSA) is 105 Å². The third-order valence-electron chi connectivity index (χ3n) is 6.26. The summed E-state index contributed by atoms with van der Waals surface area (Å²) in [7, 11) is 0. The number of amides is 2. The van der Waals surface area contributed by atoms with Gasteiger partial charge in [-0.25, -0.2) is 4.98 Å². The molecular weight excluding hydrogens is 452 g/mol. The van der Waals surface area contributed by atoms with Crippen molar-refractivity contribution in [3.8, 4) is 11.5 Å². The van der Waals surface area contributed by atoms with Gasteiger partial charge in [0.15, 0.2) is 16.6 Å². The fraction of sp³-hybridized carbons (Fsp3) is 0.240. The Hall–Kier alpha value is -3.85. The lowest BCUT2D eigenvalue weighted by Gasteiger charge is -2.10. The van der Waals surface area contributed by atoms with Gasteiger partial charge in [0.25, 0.3) is 5.91 Å². The van der Waals surface area contributed by atoms with Crippen molar-refractivity contribution in [2.45, 2.75) is 25.2 Å². The quantitative estimate of drug-likeness (QED) is 0.392. The molecule has 2 aromatic heterocycles. The van der Waals surface area contributed by atoms with Crippen molar-refractivity contribution in [1.29, 1.82) is 0 Å². The highest BCUT2D eigenvalue weighted by Crippen LogP contribution is 2.39. The summed E-state index contributed by atoms with van der Waals surface area (Å²) in [5, 5.41) is 7.61. The van der Waals surface area contributed by atoms with Crippen molar-refractivity contribution in [2.75, 3.05) is 18.7 Å². The molecule has 2 amide bonds. The zero-order chi connectivity index (χ0) is 23.1. The van der Waals surface area contributed by atoms with Gasteiger partial charge in [0, 0.05) is 34.1 Å². The van der Waals surface area contributed by atoms with Crippen molar-refractivity contribution in [2.24, 2.45) is 0 Å². The van der Waals surface area contributed by atoms with E-state index >= 15 is 0 Å². The number of aromatic amines is 1. The smallest absolute Gasteiger partial charge is 0.257 e. The van der Waals surface area contributed by atoms with E-state index in [4.69, 9.17) is 9.47 Å². The van der Waals surface area contributed by atoms with Crippen LogP contribution in [-0.2, 0) is 17.6 Å². The molecule has 1 aliphatic carbocycles. The molecule has 1 atom stereocenters. The number of para-hydroxylation sites is 1. The summed E-state index contributed by atoms with van der Waals surface area (Å²) < 4.78 is 10.6. The number of fused-ring (bicyclic) bond motifs is 3. The molecule has 0 unspecified atom stereocenters. The summed E-state index contributed by atoms with van der Waals surface area (Å²) >= 11 is 1.43. The molecule has 2 aliphatic rings. The molecule has 0 radical (unpaired) electrons. The van der Waals surface area contributed by atoms with Crippen LogP contribution in [0.5, 0.6) is 11.5 Å². The third-order valence-corrected chi connectivity index (χ3v) is 7.30. The number of carbonyl (C=O) groups excluding carboxylic acids is 2. The molecule has 0 fully saturated rings. The second-order valence-electron chi connectivity index (χ2n) is 8.34. The Morgan fingerprint density at radius 2 is 2.03 bits per heavy atom. The third kappa shape index (κ3) is 3.77. The van der Waals surface area contributed by atoms with Gasteiger partial charge in [-0.3, -0.25) is 14.9 Å². The van der Waals surface area contributed by atoms with Crippen molar-refractivity contribution < 1.29 is 19.1 Å². The molecule has 2 aromatic carbocycles. The van der Waals surface area contributed by atoms with Crippen LogP contribution in [0.1, 0.15) is 38.8 Å². The van der Waals surface area contributed by atoms with Gasteiger partial charge in [0.1, 0.15) is 0 Å². The first kappa shape index (κ1) is 20.7. The minimum Gasteiger partial charge on any atom is -0.454 e. The second kappa shape index (κ2) is 8.49. The lowest BCUT2D eigenvalue weighted by atomic mass is 10.1. The van der Waals surface area contributed by atoms with Gasteiger partial charge in [0.05, 0.1) is 11.6 Å². The van der Waals surface area contributed by atoms with E-state index < -0.39 is 0 Å². The number of nitrogens with one attached hydrogen (secondary N) is 3. The Morgan fingerprint density at radius 3 is 2.97 bits per heavy atom. The number of rotatable bonds is 6. The second-order valence-corrected chi connectivity index (χ2v) is 9.43. The van der Waals surface area contributed by atoms with Gasteiger partial charge < -0.3 is 19.8 Å². The van der Waals surface area contributed by atoms with Crippen molar-refractivity contribution in [1.82, 2.24) is 15.3 Å². The number of aryl methyl sites for hydroxylation is 1. The number of carbonyl (C=O) groups is 2. The maximum atomic E-state index is 12.9. The fourth-order valence-electron chi connectivity index (χ4n) is 4.52. The highest BCUT2D eigenvalue weighted by molar-refractivity contribution is 7.16. The van der Waals surface area contributed by atoms with Crippen molar-refractivity contribution in [3.63, 3.8) is 0 Å². The number of anilines is 1. The van der Waals surface area contributed by atoms with Crippen molar-refractivity contribution >= 4 is 39.2 Å². The number of thiazole rings is 1. The van der Waals surface area contributed by atoms with Crippen LogP contribution < -0.4 is 20.1 Å². The zero-order valence-corrected chi connectivity index (χ0v) is 19.0. The molecular formula is C25H22N4O4S. The van der Waals surface area contributed by atoms with E-state index in [0.29, 0.717) is 28.7 Å². The first-order valence-electron chi connectivity index (χ1n) is 11.2. The normalized spacial score (nSPS) is 15.9. The summed E-state index contributed by atoms with van der Waals surface area (Å²) in [6, 6.07) is 13.2. The number of benzene rings is 2. The summed E-state index contributed by atoms with van der Waals surface area (Å²) in [5.41, 5.74) is 3.52. The number of hydrogen-bond donors (Lipinski definition) is 3. The lowest BCUT2D eigenvalue weighted by molar-refractivity contribution is -0.122. The van der Waals surface area contributed by atoms with Gasteiger partial charge in [-0.05, 0) is 49.1 Å². The lowest BCUT2D eigenvalue weighted by Crippen LogP contribution is -2.30. The molecule has 34 heavy (non-hydrogen) atoms. The van der Waals surface area contributed by atoms with Crippen LogP contribution >= 0.6 is 11.3 Å². The number of nitrogens with zero attached hydrogens (tertiary/aromatic N) is 1. The Labute approximate surface area is 199 Å². The first-order valence-corrected chi connectivity index (χ1v) is 12.0. The Morgan fingerprint density at radius 1 is 1.15 bits per heavy atom. The predicted octanol–water partition coefficient (Wildman–Crippen LogP) is 3.99. The van der Waals surface area contributed by atoms with Gasteiger partial charge in [-0.15, -0.1) is 11.3 Å². The van der Waals surface area contributed by atoms with Crippen LogP contribution in [-0.4, -0.2) is 35.1 Å². The van der Waals surface area contributed by atoms with Gasteiger partial charge in [-0.2, -0.15) is 0 Å². The number of ether oxygens (including phenoxy) is 2. The van der Waals surface area contributed by atoms with E-state index in [1.807, 2.05) is 24.4 Å². The largest absolute Gasteiger partial charge is 0.454 e. The van der Waals surface area contributed by atoms with E-state index in [9.17, 15) is 9.59 Å². The maximum absolute atomic E-state index is 12.9. The number of hydrogen-bond acceptors (Lipinski definition) is 6. The zero-order valence-electron chi connectivity index (χ0n) is 18.2.